The van der Waals surface area contributed by atoms with Crippen LogP contribution in [-0.2, 0) is 4.79 Å². The van der Waals surface area contributed by atoms with Crippen molar-refractivity contribution in [3.63, 3.8) is 0 Å². The lowest BCUT2D eigenvalue weighted by atomic mass is 10.1. The van der Waals surface area contributed by atoms with Crippen molar-refractivity contribution in [3.05, 3.63) is 29.8 Å². The Morgan fingerprint density at radius 1 is 1.43 bits per heavy atom. The van der Waals surface area contributed by atoms with Crippen LogP contribution in [0.1, 0.15) is 11.6 Å². The number of carboxylic acids is 1. The van der Waals surface area contributed by atoms with Gasteiger partial charge in [0.05, 0.1) is 13.2 Å². The summed E-state index contributed by atoms with van der Waals surface area (Å²) in [5.74, 6) is -0.0212. The highest BCUT2D eigenvalue weighted by Gasteiger charge is 2.43. The van der Waals surface area contributed by atoms with E-state index in [9.17, 15) is 4.79 Å². The highest BCUT2D eigenvalue weighted by molar-refractivity contribution is 5.78. The Bertz CT molecular complexity index is 347. The van der Waals surface area contributed by atoms with Crippen LogP contribution < -0.4 is 10.1 Å². The maximum Gasteiger partial charge on any atom is 0.322 e. The molecule has 1 fully saturated rings. The quantitative estimate of drug-likeness (QED) is 0.696. The summed E-state index contributed by atoms with van der Waals surface area (Å²) in [5.41, 5.74) is 0.984. The SMILES string of the molecule is COc1ccc([C@@H]2N[C@H]2C(=O)O)cc1. The Hall–Kier alpha value is -1.55. The van der Waals surface area contributed by atoms with Crippen LogP contribution >= 0.6 is 0 Å². The van der Waals surface area contributed by atoms with E-state index in [0.717, 1.165) is 11.3 Å². The molecule has 2 rings (SSSR count). The van der Waals surface area contributed by atoms with E-state index in [2.05, 4.69) is 5.32 Å². The Balaban J connectivity index is 2.08. The second kappa shape index (κ2) is 3.31. The second-order valence-corrected chi connectivity index (χ2v) is 3.23. The first-order valence-electron chi connectivity index (χ1n) is 4.35. The van der Waals surface area contributed by atoms with Crippen LogP contribution in [0.4, 0.5) is 0 Å². The van der Waals surface area contributed by atoms with E-state index < -0.39 is 12.0 Å². The van der Waals surface area contributed by atoms with Gasteiger partial charge in [-0.05, 0) is 17.7 Å². The molecule has 74 valence electrons. The normalized spacial score (nSPS) is 24.4. The van der Waals surface area contributed by atoms with Crippen molar-refractivity contribution in [1.82, 2.24) is 5.32 Å². The fourth-order valence-corrected chi connectivity index (χ4v) is 1.45. The number of hydrogen-bond acceptors (Lipinski definition) is 3. The average Bonchev–Trinajstić information content (AvgIpc) is 2.97. The molecule has 2 N–H and O–H groups in total. The van der Waals surface area contributed by atoms with Gasteiger partial charge in [-0.1, -0.05) is 12.1 Å². The molecule has 0 amide bonds. The van der Waals surface area contributed by atoms with E-state index in [1.165, 1.54) is 0 Å². The van der Waals surface area contributed by atoms with Gasteiger partial charge < -0.3 is 9.84 Å². The minimum atomic E-state index is -0.800. The van der Waals surface area contributed by atoms with E-state index in [4.69, 9.17) is 9.84 Å². The molecule has 0 bridgehead atoms. The smallest absolute Gasteiger partial charge is 0.322 e. The predicted octanol–water partition coefficient (Wildman–Crippen LogP) is 0.793. The van der Waals surface area contributed by atoms with Gasteiger partial charge in [0.1, 0.15) is 11.8 Å². The Morgan fingerprint density at radius 2 is 2.07 bits per heavy atom. The van der Waals surface area contributed by atoms with Crippen molar-refractivity contribution in [2.24, 2.45) is 0 Å². The molecule has 1 aliphatic heterocycles. The van der Waals surface area contributed by atoms with Gasteiger partial charge in [0, 0.05) is 0 Å². The summed E-state index contributed by atoms with van der Waals surface area (Å²) in [5, 5.41) is 11.6. The first kappa shape index (κ1) is 9.02. The number of nitrogens with one attached hydrogen (secondary N) is 1. The molecule has 1 heterocycles. The number of aliphatic carboxylic acids is 1. The summed E-state index contributed by atoms with van der Waals surface area (Å²) < 4.78 is 5.01. The summed E-state index contributed by atoms with van der Waals surface area (Å²) in [6.07, 6.45) is 0. The fraction of sp³-hybridized carbons (Fsp3) is 0.300. The molecule has 0 aromatic heterocycles. The van der Waals surface area contributed by atoms with Crippen molar-refractivity contribution in [1.29, 1.82) is 0 Å². The molecule has 4 heteroatoms. The minimum Gasteiger partial charge on any atom is -0.497 e. The van der Waals surface area contributed by atoms with Crippen molar-refractivity contribution < 1.29 is 14.6 Å². The first-order valence-corrected chi connectivity index (χ1v) is 4.35. The molecule has 1 saturated heterocycles. The van der Waals surface area contributed by atoms with Crippen molar-refractivity contribution in [2.45, 2.75) is 12.1 Å². The lowest BCUT2D eigenvalue weighted by molar-refractivity contribution is -0.136. The molecule has 1 aliphatic rings. The van der Waals surface area contributed by atoms with Crippen LogP contribution in [0.25, 0.3) is 0 Å². The van der Waals surface area contributed by atoms with Crippen LogP contribution in [0.3, 0.4) is 0 Å². The summed E-state index contributed by atoms with van der Waals surface area (Å²) in [7, 11) is 1.60. The van der Waals surface area contributed by atoms with E-state index in [1.807, 2.05) is 24.3 Å². The summed E-state index contributed by atoms with van der Waals surface area (Å²) >= 11 is 0. The van der Waals surface area contributed by atoms with Gasteiger partial charge in [0.2, 0.25) is 0 Å². The van der Waals surface area contributed by atoms with Crippen LogP contribution in [0, 0.1) is 0 Å². The summed E-state index contributed by atoms with van der Waals surface area (Å²) in [4.78, 5) is 10.6. The second-order valence-electron chi connectivity index (χ2n) is 3.23. The Kier molecular flexibility index (Phi) is 2.13. The lowest BCUT2D eigenvalue weighted by Gasteiger charge is -2.00. The molecule has 0 saturated carbocycles. The van der Waals surface area contributed by atoms with Gasteiger partial charge in [-0.25, -0.2) is 0 Å². The third-order valence-electron chi connectivity index (χ3n) is 2.32. The Morgan fingerprint density at radius 3 is 2.50 bits per heavy atom. The lowest BCUT2D eigenvalue weighted by Crippen LogP contribution is -2.07. The molecule has 0 aliphatic carbocycles. The van der Waals surface area contributed by atoms with Gasteiger partial charge in [0.15, 0.2) is 0 Å². The summed E-state index contributed by atoms with van der Waals surface area (Å²) in [6, 6.07) is 6.93. The molecular weight excluding hydrogens is 182 g/mol. The van der Waals surface area contributed by atoms with Gasteiger partial charge in [-0.15, -0.1) is 0 Å². The van der Waals surface area contributed by atoms with E-state index in [-0.39, 0.29) is 6.04 Å². The predicted molar refractivity (Wildman–Crippen MR) is 50.3 cm³/mol. The first-order chi connectivity index (χ1) is 6.72. The van der Waals surface area contributed by atoms with Crippen LogP contribution in [0.2, 0.25) is 0 Å². The van der Waals surface area contributed by atoms with Crippen molar-refractivity contribution in [3.8, 4) is 5.75 Å². The third kappa shape index (κ3) is 1.56. The van der Waals surface area contributed by atoms with Crippen LogP contribution in [-0.4, -0.2) is 24.2 Å². The molecule has 2 atom stereocenters. The number of benzene rings is 1. The number of carboxylic acid groups (broad SMARTS) is 1. The molecule has 0 unspecified atom stereocenters. The highest BCUT2D eigenvalue weighted by atomic mass is 16.5. The van der Waals surface area contributed by atoms with E-state index in [0.29, 0.717) is 0 Å². The molecule has 4 nitrogen and oxygen atoms in total. The monoisotopic (exact) mass is 193 g/mol. The maximum absolute atomic E-state index is 10.6. The zero-order valence-electron chi connectivity index (χ0n) is 7.73. The van der Waals surface area contributed by atoms with E-state index in [1.54, 1.807) is 7.11 Å². The molecule has 1 aromatic carbocycles. The highest BCUT2D eigenvalue weighted by Crippen LogP contribution is 2.30. The van der Waals surface area contributed by atoms with Gasteiger partial charge in [0.25, 0.3) is 0 Å². The van der Waals surface area contributed by atoms with E-state index >= 15 is 0 Å². The maximum atomic E-state index is 10.6. The van der Waals surface area contributed by atoms with Crippen molar-refractivity contribution >= 4 is 5.97 Å². The van der Waals surface area contributed by atoms with Crippen LogP contribution in [0.15, 0.2) is 24.3 Å². The van der Waals surface area contributed by atoms with Crippen molar-refractivity contribution in [2.75, 3.05) is 7.11 Å². The Labute approximate surface area is 81.5 Å². The van der Waals surface area contributed by atoms with Gasteiger partial charge in [-0.3, -0.25) is 10.1 Å². The van der Waals surface area contributed by atoms with Gasteiger partial charge in [-0.2, -0.15) is 0 Å². The summed E-state index contributed by atoms with van der Waals surface area (Å²) in [6.45, 7) is 0. The standard InChI is InChI=1S/C10H11NO3/c1-14-7-4-2-6(3-5-7)8-9(11-8)10(12)13/h2-5,8-9,11H,1H3,(H,12,13)/t8-,9+/m0/s1. The number of hydrogen-bond donors (Lipinski definition) is 2. The van der Waals surface area contributed by atoms with Crippen LogP contribution in [0.5, 0.6) is 5.75 Å². The zero-order valence-corrected chi connectivity index (χ0v) is 7.73. The molecule has 14 heavy (non-hydrogen) atoms. The number of methoxy groups -OCH3 is 1. The fourth-order valence-electron chi connectivity index (χ4n) is 1.45. The number of rotatable bonds is 3. The molecular formula is C10H11NO3. The number of carbonyl (C=O) groups is 1. The average molecular weight is 193 g/mol. The molecule has 0 radical (unpaired) electrons. The minimum absolute atomic E-state index is 0.0431. The molecule has 0 spiro atoms. The number of ether oxygens (including phenoxy) is 1. The van der Waals surface area contributed by atoms with Gasteiger partial charge >= 0.3 is 5.97 Å². The largest absolute Gasteiger partial charge is 0.497 e. The third-order valence-corrected chi connectivity index (χ3v) is 2.32. The molecule has 1 aromatic rings. The zero-order chi connectivity index (χ0) is 10.1. The topological polar surface area (TPSA) is 68.5 Å².